The van der Waals surface area contributed by atoms with Crippen LogP contribution in [0.3, 0.4) is 0 Å². The maximum absolute atomic E-state index is 11.6. The lowest BCUT2D eigenvalue weighted by Gasteiger charge is -2.10. The number of rotatable bonds is 4. The van der Waals surface area contributed by atoms with Crippen molar-refractivity contribution in [1.82, 2.24) is 0 Å². The van der Waals surface area contributed by atoms with E-state index in [-0.39, 0.29) is 0 Å². The van der Waals surface area contributed by atoms with Crippen LogP contribution in [0.2, 0.25) is 0 Å². The molecule has 0 aromatic heterocycles. The summed E-state index contributed by atoms with van der Waals surface area (Å²) in [6.07, 6.45) is 0. The molecule has 106 valence electrons. The van der Waals surface area contributed by atoms with Crippen LogP contribution in [0.15, 0.2) is 42.5 Å². The SMILES string of the molecule is CCOc1ccc(Oc2cccc3c2NC(=O)C3=O)cc1. The molecule has 0 saturated carbocycles. The van der Waals surface area contributed by atoms with Crippen LogP contribution in [0.1, 0.15) is 17.3 Å². The number of amides is 1. The van der Waals surface area contributed by atoms with Crippen LogP contribution in [0.5, 0.6) is 17.2 Å². The number of ketones is 1. The average Bonchev–Trinajstić information content (AvgIpc) is 2.78. The smallest absolute Gasteiger partial charge is 0.296 e. The van der Waals surface area contributed by atoms with Gasteiger partial charge in [0.2, 0.25) is 0 Å². The van der Waals surface area contributed by atoms with Crippen LogP contribution in [0.25, 0.3) is 0 Å². The predicted molar refractivity (Wildman–Crippen MR) is 77.1 cm³/mol. The summed E-state index contributed by atoms with van der Waals surface area (Å²) in [6.45, 7) is 2.51. The lowest BCUT2D eigenvalue weighted by atomic mass is 10.1. The van der Waals surface area contributed by atoms with Gasteiger partial charge in [0.1, 0.15) is 11.5 Å². The van der Waals surface area contributed by atoms with Gasteiger partial charge in [0.25, 0.3) is 11.7 Å². The highest BCUT2D eigenvalue weighted by Gasteiger charge is 2.30. The maximum atomic E-state index is 11.6. The molecule has 0 aliphatic carbocycles. The number of hydrogen-bond acceptors (Lipinski definition) is 4. The Morgan fingerprint density at radius 3 is 2.43 bits per heavy atom. The second kappa shape index (κ2) is 5.28. The number of carbonyl (C=O) groups excluding carboxylic acids is 2. The van der Waals surface area contributed by atoms with Crippen LogP contribution < -0.4 is 14.8 Å². The molecule has 5 nitrogen and oxygen atoms in total. The van der Waals surface area contributed by atoms with Crippen molar-refractivity contribution >= 4 is 17.4 Å². The van der Waals surface area contributed by atoms with Crippen LogP contribution in [-0.4, -0.2) is 18.3 Å². The van der Waals surface area contributed by atoms with E-state index in [1.165, 1.54) is 0 Å². The summed E-state index contributed by atoms with van der Waals surface area (Å²) in [7, 11) is 0. The summed E-state index contributed by atoms with van der Waals surface area (Å²) in [5.41, 5.74) is 0.754. The molecule has 1 heterocycles. The predicted octanol–water partition coefficient (Wildman–Crippen LogP) is 3.01. The number of Topliss-reactive ketones (excluding diaryl/α,β-unsaturated/α-hetero) is 1. The second-order valence-electron chi connectivity index (χ2n) is 4.47. The standard InChI is InChI=1S/C16H13NO4/c1-2-20-10-6-8-11(9-7-10)21-13-5-3-4-12-14(13)17-16(19)15(12)18/h3-9H,2H2,1H3,(H,17,18,19). The average molecular weight is 283 g/mol. The third-order valence-electron chi connectivity index (χ3n) is 3.08. The number of hydrogen-bond donors (Lipinski definition) is 1. The van der Waals surface area contributed by atoms with Gasteiger partial charge in [-0.15, -0.1) is 0 Å². The fourth-order valence-corrected chi connectivity index (χ4v) is 2.12. The van der Waals surface area contributed by atoms with E-state index >= 15 is 0 Å². The molecule has 0 atom stereocenters. The molecule has 0 radical (unpaired) electrons. The lowest BCUT2D eigenvalue weighted by Crippen LogP contribution is -2.12. The first-order valence-corrected chi connectivity index (χ1v) is 6.58. The zero-order valence-corrected chi connectivity index (χ0v) is 11.4. The Hall–Kier alpha value is -2.82. The first-order valence-electron chi connectivity index (χ1n) is 6.58. The van der Waals surface area contributed by atoms with E-state index in [4.69, 9.17) is 9.47 Å². The monoisotopic (exact) mass is 283 g/mol. The molecule has 2 aromatic carbocycles. The Kier molecular flexibility index (Phi) is 3.31. The molecule has 0 fully saturated rings. The van der Waals surface area contributed by atoms with E-state index in [2.05, 4.69) is 5.32 Å². The molecule has 21 heavy (non-hydrogen) atoms. The normalized spacial score (nSPS) is 12.8. The summed E-state index contributed by atoms with van der Waals surface area (Å²) in [5, 5.41) is 2.53. The van der Waals surface area contributed by atoms with Crippen LogP contribution in [-0.2, 0) is 4.79 Å². The van der Waals surface area contributed by atoms with E-state index in [0.29, 0.717) is 29.4 Å². The van der Waals surface area contributed by atoms with E-state index in [0.717, 1.165) is 5.75 Å². The third-order valence-corrected chi connectivity index (χ3v) is 3.08. The summed E-state index contributed by atoms with van der Waals surface area (Å²) >= 11 is 0. The van der Waals surface area contributed by atoms with Crippen molar-refractivity contribution in [1.29, 1.82) is 0 Å². The second-order valence-corrected chi connectivity index (χ2v) is 4.47. The Morgan fingerprint density at radius 1 is 1.00 bits per heavy atom. The first-order chi connectivity index (χ1) is 10.2. The number of ether oxygens (including phenoxy) is 2. The van der Waals surface area contributed by atoms with Crippen LogP contribution in [0, 0.1) is 0 Å². The Labute approximate surface area is 121 Å². The molecule has 1 aliphatic rings. The van der Waals surface area contributed by atoms with Gasteiger partial charge in [0, 0.05) is 0 Å². The summed E-state index contributed by atoms with van der Waals surface area (Å²) in [5.74, 6) is 0.623. The topological polar surface area (TPSA) is 64.6 Å². The molecule has 0 spiro atoms. The van der Waals surface area contributed by atoms with Gasteiger partial charge in [-0.05, 0) is 43.3 Å². The molecule has 0 bridgehead atoms. The maximum Gasteiger partial charge on any atom is 0.296 e. The van der Waals surface area contributed by atoms with E-state index < -0.39 is 11.7 Å². The van der Waals surface area contributed by atoms with Gasteiger partial charge >= 0.3 is 0 Å². The van der Waals surface area contributed by atoms with Crippen molar-refractivity contribution < 1.29 is 19.1 Å². The first kappa shape index (κ1) is 13.2. The largest absolute Gasteiger partial charge is 0.494 e. The van der Waals surface area contributed by atoms with Gasteiger partial charge < -0.3 is 14.8 Å². The van der Waals surface area contributed by atoms with Crippen molar-refractivity contribution in [3.8, 4) is 17.2 Å². The Balaban J connectivity index is 1.86. The zero-order valence-electron chi connectivity index (χ0n) is 11.4. The molecule has 5 heteroatoms. The molecule has 1 N–H and O–H groups in total. The summed E-state index contributed by atoms with van der Waals surface area (Å²) in [4.78, 5) is 23.1. The van der Waals surface area contributed by atoms with Gasteiger partial charge in [-0.3, -0.25) is 9.59 Å². The number of nitrogens with one attached hydrogen (secondary N) is 1. The van der Waals surface area contributed by atoms with E-state index in [1.807, 2.05) is 6.92 Å². The minimum Gasteiger partial charge on any atom is -0.494 e. The molecular formula is C16H13NO4. The van der Waals surface area contributed by atoms with Crippen LogP contribution >= 0.6 is 0 Å². The molecule has 1 amide bonds. The van der Waals surface area contributed by atoms with Gasteiger partial charge in [0.15, 0.2) is 5.75 Å². The molecule has 0 unspecified atom stereocenters. The minimum absolute atomic E-state index is 0.337. The van der Waals surface area contributed by atoms with E-state index in [1.54, 1.807) is 42.5 Å². The highest BCUT2D eigenvalue weighted by atomic mass is 16.5. The molecule has 3 rings (SSSR count). The molecule has 2 aromatic rings. The third kappa shape index (κ3) is 2.45. The Morgan fingerprint density at radius 2 is 1.71 bits per heavy atom. The Bertz CT molecular complexity index is 707. The van der Waals surface area contributed by atoms with Crippen molar-refractivity contribution in [2.24, 2.45) is 0 Å². The van der Waals surface area contributed by atoms with Crippen LogP contribution in [0.4, 0.5) is 5.69 Å². The quantitative estimate of drug-likeness (QED) is 0.876. The van der Waals surface area contributed by atoms with E-state index in [9.17, 15) is 9.59 Å². The molecule has 0 saturated heterocycles. The van der Waals surface area contributed by atoms with Crippen molar-refractivity contribution in [2.75, 3.05) is 11.9 Å². The van der Waals surface area contributed by atoms with Crippen molar-refractivity contribution in [3.63, 3.8) is 0 Å². The molecule has 1 aliphatic heterocycles. The number of anilines is 1. The van der Waals surface area contributed by atoms with Gasteiger partial charge in [0.05, 0.1) is 17.9 Å². The number of carbonyl (C=O) groups is 2. The van der Waals surface area contributed by atoms with Crippen molar-refractivity contribution in [2.45, 2.75) is 6.92 Å². The summed E-state index contributed by atoms with van der Waals surface area (Å²) < 4.78 is 11.1. The zero-order chi connectivity index (χ0) is 14.8. The minimum atomic E-state index is -0.632. The van der Waals surface area contributed by atoms with Crippen molar-refractivity contribution in [3.05, 3.63) is 48.0 Å². The number of benzene rings is 2. The van der Waals surface area contributed by atoms with Gasteiger partial charge in [-0.1, -0.05) is 6.07 Å². The number of fused-ring (bicyclic) bond motifs is 1. The summed E-state index contributed by atoms with van der Waals surface area (Å²) in [6, 6.07) is 12.1. The lowest BCUT2D eigenvalue weighted by molar-refractivity contribution is -0.112. The number of para-hydroxylation sites is 1. The highest BCUT2D eigenvalue weighted by molar-refractivity contribution is 6.52. The molecular weight excluding hydrogens is 270 g/mol. The van der Waals surface area contributed by atoms with Gasteiger partial charge in [-0.25, -0.2) is 0 Å². The fraction of sp³-hybridized carbons (Fsp3) is 0.125. The van der Waals surface area contributed by atoms with Gasteiger partial charge in [-0.2, -0.15) is 0 Å². The highest BCUT2D eigenvalue weighted by Crippen LogP contribution is 2.36. The fourth-order valence-electron chi connectivity index (χ4n) is 2.12.